The zero-order valence-corrected chi connectivity index (χ0v) is 17.1. The molecule has 1 amide bonds. The van der Waals surface area contributed by atoms with Crippen molar-refractivity contribution in [2.45, 2.75) is 13.2 Å². The average molecular weight is 455 g/mol. The standard InChI is InChI=1S/C22H19BrN2O4/c23-18-8-6-17(7-9-18)22(27)25-13-21(26)29-14-16-4-10-20(11-5-16)28-15-19-3-1-2-12-24-19/h1-12H,13-15H2,(H,25,27). The molecule has 1 N–H and O–H groups in total. The molecule has 0 fully saturated rings. The van der Waals surface area contributed by atoms with Gasteiger partial charge in [-0.15, -0.1) is 0 Å². The van der Waals surface area contributed by atoms with Crippen molar-refractivity contribution in [2.75, 3.05) is 6.54 Å². The van der Waals surface area contributed by atoms with Gasteiger partial charge >= 0.3 is 5.97 Å². The Morgan fingerprint density at radius 3 is 2.38 bits per heavy atom. The van der Waals surface area contributed by atoms with Gasteiger partial charge in [0, 0.05) is 16.2 Å². The van der Waals surface area contributed by atoms with Crippen LogP contribution < -0.4 is 10.1 Å². The van der Waals surface area contributed by atoms with E-state index in [1.165, 1.54) is 0 Å². The predicted molar refractivity (Wildman–Crippen MR) is 111 cm³/mol. The molecular weight excluding hydrogens is 436 g/mol. The normalized spacial score (nSPS) is 10.2. The molecule has 0 unspecified atom stereocenters. The van der Waals surface area contributed by atoms with Gasteiger partial charge < -0.3 is 14.8 Å². The second-order valence-corrected chi connectivity index (χ2v) is 7.02. The lowest BCUT2D eigenvalue weighted by atomic mass is 10.2. The van der Waals surface area contributed by atoms with Gasteiger partial charge in [0.05, 0.1) is 5.69 Å². The number of nitrogens with zero attached hydrogens (tertiary/aromatic N) is 1. The van der Waals surface area contributed by atoms with Crippen LogP contribution in [0.5, 0.6) is 5.75 Å². The number of aromatic nitrogens is 1. The molecule has 0 aliphatic heterocycles. The van der Waals surface area contributed by atoms with Crippen LogP contribution in [-0.2, 0) is 22.7 Å². The molecule has 6 nitrogen and oxygen atoms in total. The number of carbonyl (C=O) groups excluding carboxylic acids is 2. The van der Waals surface area contributed by atoms with E-state index >= 15 is 0 Å². The molecule has 0 saturated heterocycles. The fourth-order valence-corrected chi connectivity index (χ4v) is 2.66. The van der Waals surface area contributed by atoms with Crippen molar-refractivity contribution >= 4 is 27.8 Å². The highest BCUT2D eigenvalue weighted by Gasteiger charge is 2.09. The monoisotopic (exact) mass is 454 g/mol. The molecule has 0 radical (unpaired) electrons. The van der Waals surface area contributed by atoms with Crippen molar-refractivity contribution in [2.24, 2.45) is 0 Å². The highest BCUT2D eigenvalue weighted by atomic mass is 79.9. The Morgan fingerprint density at radius 2 is 1.69 bits per heavy atom. The summed E-state index contributed by atoms with van der Waals surface area (Å²) < 4.78 is 11.7. The summed E-state index contributed by atoms with van der Waals surface area (Å²) in [6.07, 6.45) is 1.72. The third kappa shape index (κ3) is 6.73. The molecule has 0 aliphatic rings. The van der Waals surface area contributed by atoms with Gasteiger partial charge in [0.25, 0.3) is 5.91 Å². The fourth-order valence-electron chi connectivity index (χ4n) is 2.39. The summed E-state index contributed by atoms with van der Waals surface area (Å²) in [5.41, 5.74) is 2.14. The maximum absolute atomic E-state index is 12.0. The van der Waals surface area contributed by atoms with E-state index in [1.54, 1.807) is 42.6 Å². The molecule has 148 valence electrons. The molecule has 0 spiro atoms. The van der Waals surface area contributed by atoms with E-state index < -0.39 is 5.97 Å². The SMILES string of the molecule is O=C(CNC(=O)c1ccc(Br)cc1)OCc1ccc(OCc2ccccn2)cc1. The van der Waals surface area contributed by atoms with Crippen LogP contribution in [0, 0.1) is 0 Å². The molecule has 3 aromatic rings. The van der Waals surface area contributed by atoms with Crippen LogP contribution in [0.4, 0.5) is 0 Å². The number of esters is 1. The summed E-state index contributed by atoms with van der Waals surface area (Å²) in [7, 11) is 0. The zero-order valence-electron chi connectivity index (χ0n) is 15.5. The van der Waals surface area contributed by atoms with Gasteiger partial charge in [-0.2, -0.15) is 0 Å². The minimum atomic E-state index is -0.508. The average Bonchev–Trinajstić information content (AvgIpc) is 2.76. The third-order valence-corrected chi connectivity index (χ3v) is 4.46. The van der Waals surface area contributed by atoms with Crippen molar-refractivity contribution in [1.29, 1.82) is 0 Å². The molecule has 2 aromatic carbocycles. The van der Waals surface area contributed by atoms with Crippen LogP contribution in [0.3, 0.4) is 0 Å². The fraction of sp³-hybridized carbons (Fsp3) is 0.136. The van der Waals surface area contributed by atoms with Gasteiger partial charge in [-0.25, -0.2) is 0 Å². The summed E-state index contributed by atoms with van der Waals surface area (Å²) in [5.74, 6) is -0.137. The summed E-state index contributed by atoms with van der Waals surface area (Å²) in [4.78, 5) is 28.0. The van der Waals surface area contributed by atoms with Crippen LogP contribution in [0.1, 0.15) is 21.6 Å². The first-order valence-corrected chi connectivity index (χ1v) is 9.70. The topological polar surface area (TPSA) is 77.5 Å². The van der Waals surface area contributed by atoms with E-state index in [1.807, 2.05) is 30.3 Å². The van der Waals surface area contributed by atoms with Gasteiger partial charge in [0.1, 0.15) is 25.5 Å². The first-order valence-electron chi connectivity index (χ1n) is 8.91. The molecule has 0 bridgehead atoms. The molecule has 1 heterocycles. The van der Waals surface area contributed by atoms with Crippen LogP contribution >= 0.6 is 15.9 Å². The van der Waals surface area contributed by atoms with Gasteiger partial charge in [-0.1, -0.05) is 34.1 Å². The first-order chi connectivity index (χ1) is 14.1. The maximum atomic E-state index is 12.0. The van der Waals surface area contributed by atoms with Crippen LogP contribution in [-0.4, -0.2) is 23.4 Å². The maximum Gasteiger partial charge on any atom is 0.325 e. The molecule has 7 heteroatoms. The van der Waals surface area contributed by atoms with E-state index in [0.717, 1.165) is 15.7 Å². The number of halogens is 1. The lowest BCUT2D eigenvalue weighted by Gasteiger charge is -2.08. The molecule has 0 atom stereocenters. The number of hydrogen-bond acceptors (Lipinski definition) is 5. The minimum Gasteiger partial charge on any atom is -0.487 e. The molecule has 1 aromatic heterocycles. The van der Waals surface area contributed by atoms with Crippen molar-refractivity contribution in [1.82, 2.24) is 10.3 Å². The van der Waals surface area contributed by atoms with Crippen LogP contribution in [0.2, 0.25) is 0 Å². The quantitative estimate of drug-likeness (QED) is 0.522. The molecule has 3 rings (SSSR count). The Labute approximate surface area is 177 Å². The second kappa shape index (κ2) is 10.4. The number of amides is 1. The van der Waals surface area contributed by atoms with Crippen LogP contribution in [0.15, 0.2) is 77.4 Å². The van der Waals surface area contributed by atoms with E-state index in [9.17, 15) is 9.59 Å². The number of nitrogens with one attached hydrogen (secondary N) is 1. The minimum absolute atomic E-state index is 0.119. The Kier molecular flexibility index (Phi) is 7.35. The van der Waals surface area contributed by atoms with Gasteiger partial charge in [0.15, 0.2) is 0 Å². The Hall–Kier alpha value is -3.19. The number of pyridine rings is 1. The van der Waals surface area contributed by atoms with Crippen molar-refractivity contribution in [3.05, 3.63) is 94.2 Å². The molecular formula is C22H19BrN2O4. The molecule has 0 aliphatic carbocycles. The Bertz CT molecular complexity index is 945. The van der Waals surface area contributed by atoms with E-state index in [-0.39, 0.29) is 19.1 Å². The number of rotatable bonds is 8. The van der Waals surface area contributed by atoms with Gasteiger partial charge in [-0.05, 0) is 54.1 Å². The van der Waals surface area contributed by atoms with Crippen molar-refractivity contribution < 1.29 is 19.1 Å². The summed E-state index contributed by atoms with van der Waals surface area (Å²) in [6.45, 7) is 0.306. The second-order valence-electron chi connectivity index (χ2n) is 6.10. The van der Waals surface area contributed by atoms with E-state index in [2.05, 4.69) is 26.2 Å². The van der Waals surface area contributed by atoms with E-state index in [0.29, 0.717) is 17.9 Å². The lowest BCUT2D eigenvalue weighted by molar-refractivity contribution is -0.143. The number of hydrogen-bond donors (Lipinski definition) is 1. The Morgan fingerprint density at radius 1 is 0.931 bits per heavy atom. The summed E-state index contributed by atoms with van der Waals surface area (Å²) >= 11 is 3.31. The number of ether oxygens (including phenoxy) is 2. The molecule has 29 heavy (non-hydrogen) atoms. The third-order valence-electron chi connectivity index (χ3n) is 3.94. The largest absolute Gasteiger partial charge is 0.487 e. The van der Waals surface area contributed by atoms with Crippen molar-refractivity contribution in [3.63, 3.8) is 0 Å². The highest BCUT2D eigenvalue weighted by molar-refractivity contribution is 9.10. The molecule has 0 saturated carbocycles. The zero-order chi connectivity index (χ0) is 20.5. The smallest absolute Gasteiger partial charge is 0.325 e. The Balaban J connectivity index is 1.39. The van der Waals surface area contributed by atoms with Gasteiger partial charge in [0.2, 0.25) is 0 Å². The number of benzene rings is 2. The van der Waals surface area contributed by atoms with Gasteiger partial charge in [-0.3, -0.25) is 14.6 Å². The first kappa shape index (κ1) is 20.5. The highest BCUT2D eigenvalue weighted by Crippen LogP contribution is 2.14. The number of carbonyl (C=O) groups is 2. The van der Waals surface area contributed by atoms with Crippen LogP contribution in [0.25, 0.3) is 0 Å². The van der Waals surface area contributed by atoms with Crippen molar-refractivity contribution in [3.8, 4) is 5.75 Å². The lowest BCUT2D eigenvalue weighted by Crippen LogP contribution is -2.30. The predicted octanol–water partition coefficient (Wildman–Crippen LogP) is 3.90. The summed E-state index contributed by atoms with van der Waals surface area (Å²) in [6, 6.07) is 19.8. The summed E-state index contributed by atoms with van der Waals surface area (Å²) in [5, 5.41) is 2.54. The van der Waals surface area contributed by atoms with E-state index in [4.69, 9.17) is 9.47 Å².